The maximum atomic E-state index is 12.1. The van der Waals surface area contributed by atoms with Crippen LogP contribution in [0.1, 0.15) is 16.3 Å². The molecule has 2 aromatic rings. The molecule has 2 heterocycles. The summed E-state index contributed by atoms with van der Waals surface area (Å²) in [5, 5.41) is 16.7. The highest BCUT2D eigenvalue weighted by molar-refractivity contribution is 8.15. The van der Waals surface area contributed by atoms with Crippen molar-refractivity contribution in [3.05, 3.63) is 39.8 Å². The van der Waals surface area contributed by atoms with E-state index in [-0.39, 0.29) is 34.9 Å². The first-order valence-corrected chi connectivity index (χ1v) is 9.21. The number of hydrogen-bond donors (Lipinski definition) is 3. The second kappa shape index (κ2) is 7.24. The van der Waals surface area contributed by atoms with Crippen molar-refractivity contribution in [2.24, 2.45) is 0 Å². The lowest BCUT2D eigenvalue weighted by Gasteiger charge is -2.10. The number of imide groups is 1. The van der Waals surface area contributed by atoms with E-state index in [1.807, 2.05) is 12.3 Å². The molecule has 3 N–H and O–H groups in total. The SMILES string of the molecule is Cc1nc(CC(=O)Nc2cc(CC3SC(=O)NC3=O)ccc2O)cs1. The lowest BCUT2D eigenvalue weighted by atomic mass is 10.1. The largest absolute Gasteiger partial charge is 0.506 e. The number of anilines is 1. The number of rotatable bonds is 5. The number of aromatic nitrogens is 1. The molecule has 7 nitrogen and oxygen atoms in total. The van der Waals surface area contributed by atoms with Gasteiger partial charge in [-0.2, -0.15) is 0 Å². The minimum atomic E-state index is -0.501. The van der Waals surface area contributed by atoms with Crippen LogP contribution in [0.5, 0.6) is 5.75 Å². The minimum Gasteiger partial charge on any atom is -0.506 e. The molecular weight excluding hydrogens is 362 g/mol. The average Bonchev–Trinajstić information content (AvgIpc) is 3.08. The van der Waals surface area contributed by atoms with E-state index in [0.29, 0.717) is 12.1 Å². The number of thioether (sulfide) groups is 1. The molecule has 130 valence electrons. The fraction of sp³-hybridized carbons (Fsp3) is 0.250. The van der Waals surface area contributed by atoms with Crippen LogP contribution in [-0.4, -0.2) is 32.4 Å². The van der Waals surface area contributed by atoms with Gasteiger partial charge in [-0.1, -0.05) is 17.8 Å². The van der Waals surface area contributed by atoms with E-state index in [1.165, 1.54) is 17.4 Å². The molecule has 1 aliphatic heterocycles. The van der Waals surface area contributed by atoms with Crippen LogP contribution in [0.4, 0.5) is 10.5 Å². The fourth-order valence-corrected chi connectivity index (χ4v) is 3.87. The molecule has 3 rings (SSSR count). The zero-order chi connectivity index (χ0) is 18.0. The van der Waals surface area contributed by atoms with Crippen molar-refractivity contribution in [3.63, 3.8) is 0 Å². The van der Waals surface area contributed by atoms with Crippen molar-refractivity contribution in [2.75, 3.05) is 5.32 Å². The number of thiazole rings is 1. The van der Waals surface area contributed by atoms with E-state index in [0.717, 1.165) is 22.3 Å². The average molecular weight is 377 g/mol. The first-order chi connectivity index (χ1) is 11.9. The van der Waals surface area contributed by atoms with Gasteiger partial charge in [0.25, 0.3) is 5.24 Å². The lowest BCUT2D eigenvalue weighted by Crippen LogP contribution is -2.25. The Balaban J connectivity index is 1.67. The van der Waals surface area contributed by atoms with Crippen LogP contribution in [0, 0.1) is 6.92 Å². The van der Waals surface area contributed by atoms with E-state index < -0.39 is 5.25 Å². The third kappa shape index (κ3) is 4.37. The summed E-state index contributed by atoms with van der Waals surface area (Å²) < 4.78 is 0. The van der Waals surface area contributed by atoms with Gasteiger partial charge in [-0.25, -0.2) is 4.98 Å². The third-order valence-electron chi connectivity index (χ3n) is 3.53. The van der Waals surface area contributed by atoms with Crippen LogP contribution in [0.3, 0.4) is 0 Å². The van der Waals surface area contributed by atoms with Crippen LogP contribution < -0.4 is 10.6 Å². The van der Waals surface area contributed by atoms with Gasteiger partial charge < -0.3 is 10.4 Å². The van der Waals surface area contributed by atoms with Crippen molar-refractivity contribution in [1.82, 2.24) is 10.3 Å². The molecule has 1 fully saturated rings. The number of hydrogen-bond acceptors (Lipinski definition) is 7. The maximum absolute atomic E-state index is 12.1. The Labute approximate surface area is 151 Å². The standard InChI is InChI=1S/C16H15N3O4S2/c1-8-17-10(7-24-8)6-14(21)18-11-4-9(2-3-12(11)20)5-13-15(22)19-16(23)25-13/h2-4,7,13,20H,5-6H2,1H3,(H,18,21)(H,19,22,23). The number of nitrogens with one attached hydrogen (secondary N) is 2. The molecule has 1 saturated heterocycles. The topological polar surface area (TPSA) is 108 Å². The van der Waals surface area contributed by atoms with Gasteiger partial charge in [-0.15, -0.1) is 11.3 Å². The van der Waals surface area contributed by atoms with Crippen molar-refractivity contribution in [1.29, 1.82) is 0 Å². The molecule has 0 spiro atoms. The van der Waals surface area contributed by atoms with Crippen LogP contribution in [0.15, 0.2) is 23.6 Å². The molecule has 1 atom stereocenters. The molecule has 0 bridgehead atoms. The molecule has 1 unspecified atom stereocenters. The summed E-state index contributed by atoms with van der Waals surface area (Å²) in [6, 6.07) is 4.72. The Morgan fingerprint density at radius 2 is 2.20 bits per heavy atom. The molecule has 0 saturated carbocycles. The van der Waals surface area contributed by atoms with Gasteiger partial charge >= 0.3 is 0 Å². The number of phenolic OH excluding ortho intramolecular Hbond substituents is 1. The monoisotopic (exact) mass is 377 g/mol. The Morgan fingerprint density at radius 3 is 2.84 bits per heavy atom. The summed E-state index contributed by atoms with van der Waals surface area (Å²) in [7, 11) is 0. The zero-order valence-corrected chi connectivity index (χ0v) is 14.9. The predicted molar refractivity (Wildman–Crippen MR) is 95.9 cm³/mol. The highest BCUT2D eigenvalue weighted by Crippen LogP contribution is 2.28. The quantitative estimate of drug-likeness (QED) is 0.690. The van der Waals surface area contributed by atoms with E-state index in [9.17, 15) is 19.5 Å². The van der Waals surface area contributed by atoms with Crippen molar-refractivity contribution >= 4 is 45.8 Å². The molecule has 3 amide bonds. The van der Waals surface area contributed by atoms with Crippen LogP contribution in [0.25, 0.3) is 0 Å². The van der Waals surface area contributed by atoms with E-state index in [4.69, 9.17) is 0 Å². The van der Waals surface area contributed by atoms with Gasteiger partial charge in [-0.3, -0.25) is 19.7 Å². The molecular formula is C16H15N3O4S2. The highest BCUT2D eigenvalue weighted by Gasteiger charge is 2.31. The highest BCUT2D eigenvalue weighted by atomic mass is 32.2. The Bertz CT molecular complexity index is 850. The summed E-state index contributed by atoms with van der Waals surface area (Å²) in [5.41, 5.74) is 1.68. The van der Waals surface area contributed by atoms with Crippen molar-refractivity contribution in [2.45, 2.75) is 25.0 Å². The van der Waals surface area contributed by atoms with Gasteiger partial charge in [0.15, 0.2) is 0 Å². The molecule has 1 aliphatic rings. The van der Waals surface area contributed by atoms with Crippen molar-refractivity contribution < 1.29 is 19.5 Å². The van der Waals surface area contributed by atoms with Crippen LogP contribution in [0.2, 0.25) is 0 Å². The summed E-state index contributed by atoms with van der Waals surface area (Å²) in [5.74, 6) is -0.681. The van der Waals surface area contributed by atoms with Gasteiger partial charge in [0.2, 0.25) is 11.8 Å². The number of nitrogens with zero attached hydrogens (tertiary/aromatic N) is 1. The molecule has 0 radical (unpaired) electrons. The molecule has 1 aromatic heterocycles. The summed E-state index contributed by atoms with van der Waals surface area (Å²) in [4.78, 5) is 39.2. The Hall–Kier alpha value is -2.39. The Kier molecular flexibility index (Phi) is 5.05. The van der Waals surface area contributed by atoms with Gasteiger partial charge in [0, 0.05) is 5.38 Å². The zero-order valence-electron chi connectivity index (χ0n) is 13.2. The minimum absolute atomic E-state index is 0.0637. The molecule has 0 aliphatic carbocycles. The van der Waals surface area contributed by atoms with E-state index in [1.54, 1.807) is 12.1 Å². The molecule has 9 heteroatoms. The third-order valence-corrected chi connectivity index (χ3v) is 5.34. The van der Waals surface area contributed by atoms with Crippen molar-refractivity contribution in [3.8, 4) is 5.75 Å². The number of carbonyl (C=O) groups is 3. The van der Waals surface area contributed by atoms with Gasteiger partial charge in [-0.05, 0) is 31.0 Å². The summed E-state index contributed by atoms with van der Waals surface area (Å²) in [6.45, 7) is 1.86. The first-order valence-electron chi connectivity index (χ1n) is 7.45. The smallest absolute Gasteiger partial charge is 0.286 e. The molecule has 25 heavy (non-hydrogen) atoms. The first kappa shape index (κ1) is 17.4. The number of amides is 3. The summed E-state index contributed by atoms with van der Waals surface area (Å²) >= 11 is 2.41. The summed E-state index contributed by atoms with van der Waals surface area (Å²) in [6.07, 6.45) is 0.445. The molecule has 1 aromatic carbocycles. The van der Waals surface area contributed by atoms with Crippen LogP contribution >= 0.6 is 23.1 Å². The maximum Gasteiger partial charge on any atom is 0.286 e. The second-order valence-electron chi connectivity index (χ2n) is 5.52. The lowest BCUT2D eigenvalue weighted by molar-refractivity contribution is -0.119. The van der Waals surface area contributed by atoms with E-state index in [2.05, 4.69) is 15.6 Å². The predicted octanol–water partition coefficient (Wildman–Crippen LogP) is 2.23. The van der Waals surface area contributed by atoms with E-state index >= 15 is 0 Å². The van der Waals surface area contributed by atoms with Gasteiger partial charge in [0.05, 0.1) is 28.1 Å². The fourth-order valence-electron chi connectivity index (χ4n) is 2.40. The van der Waals surface area contributed by atoms with Gasteiger partial charge in [0.1, 0.15) is 5.75 Å². The number of aryl methyl sites for hydroxylation is 1. The number of phenols is 1. The van der Waals surface area contributed by atoms with Crippen LogP contribution in [-0.2, 0) is 22.4 Å². The number of benzene rings is 1. The number of aromatic hydroxyl groups is 1. The number of carbonyl (C=O) groups excluding carboxylic acids is 3. The normalized spacial score (nSPS) is 16.8. The second-order valence-corrected chi connectivity index (χ2v) is 7.76. The Morgan fingerprint density at radius 1 is 1.40 bits per heavy atom.